The summed E-state index contributed by atoms with van der Waals surface area (Å²) in [7, 11) is 3.43. The Balaban J connectivity index is 1.47. The molecule has 8 nitrogen and oxygen atoms in total. The molecule has 2 aliphatic heterocycles. The molecule has 214 valence electrons. The summed E-state index contributed by atoms with van der Waals surface area (Å²) >= 11 is 0. The Morgan fingerprint density at radius 1 is 1.13 bits per heavy atom. The Labute approximate surface area is 233 Å². The fourth-order valence-electron chi connectivity index (χ4n) is 5.56. The number of amides is 1. The molecule has 4 rings (SSSR count). The van der Waals surface area contributed by atoms with Gasteiger partial charge in [-0.15, -0.1) is 0 Å². The van der Waals surface area contributed by atoms with Crippen molar-refractivity contribution >= 4 is 11.6 Å². The van der Waals surface area contributed by atoms with Gasteiger partial charge in [-0.05, 0) is 54.2 Å². The van der Waals surface area contributed by atoms with E-state index in [1.54, 1.807) is 14.2 Å². The van der Waals surface area contributed by atoms with Crippen LogP contribution in [0.25, 0.3) is 0 Å². The maximum absolute atomic E-state index is 12.4. The van der Waals surface area contributed by atoms with Gasteiger partial charge in [0.2, 0.25) is 5.91 Å². The number of carbonyl (C=O) groups excluding carboxylic acids is 1. The Bertz CT molecular complexity index is 1030. The van der Waals surface area contributed by atoms with Crippen molar-refractivity contribution in [2.45, 2.75) is 51.2 Å². The summed E-state index contributed by atoms with van der Waals surface area (Å²) in [6.07, 6.45) is 3.45. The number of carbonyl (C=O) groups is 1. The summed E-state index contributed by atoms with van der Waals surface area (Å²) in [5.41, 5.74) is 3.46. The molecule has 0 spiro atoms. The zero-order chi connectivity index (χ0) is 27.5. The largest absolute Gasteiger partial charge is 0.497 e. The predicted molar refractivity (Wildman–Crippen MR) is 154 cm³/mol. The molecule has 8 heteroatoms. The molecular formula is C31H45N3O5. The molecule has 2 aromatic carbocycles. The highest BCUT2D eigenvalue weighted by Crippen LogP contribution is 2.36. The van der Waals surface area contributed by atoms with E-state index in [0.29, 0.717) is 26.2 Å². The van der Waals surface area contributed by atoms with Gasteiger partial charge in [-0.2, -0.15) is 0 Å². The van der Waals surface area contributed by atoms with Crippen molar-refractivity contribution in [3.8, 4) is 11.5 Å². The Morgan fingerprint density at radius 3 is 2.74 bits per heavy atom. The number of anilines is 1. The third-order valence-corrected chi connectivity index (χ3v) is 7.70. The van der Waals surface area contributed by atoms with Gasteiger partial charge in [0.1, 0.15) is 18.1 Å². The number of hydrogen-bond donors (Lipinski definition) is 2. The molecule has 39 heavy (non-hydrogen) atoms. The average molecular weight is 540 g/mol. The van der Waals surface area contributed by atoms with Gasteiger partial charge in [-0.1, -0.05) is 31.5 Å². The standard InChI is InChI=1S/C31H45N3O5/c1-4-5-7-30(35)33-20-25-19-32-21-29(31(25)24-9-11-26(37-3)12-10-24)39-22-23-8-13-28-27(18-23)34(15-17-38-28)14-6-16-36-2/h8-13,18,25,29,31-32H,4-7,14-17,19-22H2,1-3H3,(H,33,35)/t25-,29?,31?/m0/s1. The second kappa shape index (κ2) is 15.1. The van der Waals surface area contributed by atoms with Crippen LogP contribution in [0, 0.1) is 5.92 Å². The van der Waals surface area contributed by atoms with E-state index in [-0.39, 0.29) is 23.8 Å². The van der Waals surface area contributed by atoms with Crippen molar-refractivity contribution in [2.75, 3.05) is 65.1 Å². The van der Waals surface area contributed by atoms with Crippen LogP contribution in [0.5, 0.6) is 11.5 Å². The number of unbranched alkanes of at least 4 members (excludes halogenated alkanes) is 1. The molecule has 1 fully saturated rings. The number of benzene rings is 2. The van der Waals surface area contributed by atoms with E-state index < -0.39 is 0 Å². The Morgan fingerprint density at radius 2 is 1.97 bits per heavy atom. The number of ether oxygens (including phenoxy) is 4. The van der Waals surface area contributed by atoms with Gasteiger partial charge in [0.15, 0.2) is 0 Å². The van der Waals surface area contributed by atoms with Crippen LogP contribution >= 0.6 is 0 Å². The first-order chi connectivity index (χ1) is 19.1. The second-order valence-electron chi connectivity index (χ2n) is 10.5. The minimum atomic E-state index is -0.0326. The first kappa shape index (κ1) is 29.2. The number of fused-ring (bicyclic) bond motifs is 1. The third kappa shape index (κ3) is 8.10. The highest BCUT2D eigenvalue weighted by Gasteiger charge is 2.35. The summed E-state index contributed by atoms with van der Waals surface area (Å²) in [6, 6.07) is 14.6. The average Bonchev–Trinajstić information content (AvgIpc) is 2.98. The van der Waals surface area contributed by atoms with Gasteiger partial charge in [0, 0.05) is 52.2 Å². The van der Waals surface area contributed by atoms with Gasteiger partial charge in [-0.25, -0.2) is 0 Å². The van der Waals surface area contributed by atoms with Gasteiger partial charge in [-0.3, -0.25) is 4.79 Å². The van der Waals surface area contributed by atoms with Crippen molar-refractivity contribution in [1.29, 1.82) is 0 Å². The fourth-order valence-corrected chi connectivity index (χ4v) is 5.56. The normalized spacial score (nSPS) is 20.7. The van der Waals surface area contributed by atoms with Gasteiger partial charge < -0.3 is 34.5 Å². The molecule has 0 saturated carbocycles. The van der Waals surface area contributed by atoms with E-state index in [9.17, 15) is 4.79 Å². The second-order valence-corrected chi connectivity index (χ2v) is 10.5. The topological polar surface area (TPSA) is 81.3 Å². The molecule has 3 atom stereocenters. The summed E-state index contributed by atoms with van der Waals surface area (Å²) in [6.45, 7) is 8.08. The van der Waals surface area contributed by atoms with Gasteiger partial charge in [0.25, 0.3) is 0 Å². The number of nitrogens with one attached hydrogen (secondary N) is 2. The molecule has 2 aliphatic rings. The lowest BCUT2D eigenvalue weighted by Gasteiger charge is -2.39. The van der Waals surface area contributed by atoms with Crippen LogP contribution in [-0.4, -0.2) is 72.2 Å². The summed E-state index contributed by atoms with van der Waals surface area (Å²) in [4.78, 5) is 14.8. The maximum Gasteiger partial charge on any atom is 0.220 e. The van der Waals surface area contributed by atoms with E-state index >= 15 is 0 Å². The monoisotopic (exact) mass is 539 g/mol. The van der Waals surface area contributed by atoms with Crippen LogP contribution in [0.1, 0.15) is 49.7 Å². The number of methoxy groups -OCH3 is 2. The van der Waals surface area contributed by atoms with Crippen LogP contribution in [-0.2, 0) is 20.9 Å². The first-order valence-corrected chi connectivity index (χ1v) is 14.4. The molecule has 0 aliphatic carbocycles. The quantitative estimate of drug-likeness (QED) is 0.350. The van der Waals surface area contributed by atoms with E-state index in [4.69, 9.17) is 18.9 Å². The van der Waals surface area contributed by atoms with Gasteiger partial charge in [0.05, 0.1) is 32.1 Å². The molecule has 2 unspecified atom stereocenters. The van der Waals surface area contributed by atoms with Gasteiger partial charge >= 0.3 is 0 Å². The van der Waals surface area contributed by atoms with Crippen molar-refractivity contribution in [2.24, 2.45) is 5.92 Å². The highest BCUT2D eigenvalue weighted by atomic mass is 16.5. The summed E-state index contributed by atoms with van der Waals surface area (Å²) in [5, 5.41) is 6.73. The fraction of sp³-hybridized carbons (Fsp3) is 0.581. The molecule has 2 heterocycles. The van der Waals surface area contributed by atoms with Crippen molar-refractivity contribution in [3.05, 3.63) is 53.6 Å². The SMILES string of the molecule is CCCCC(=O)NC[C@@H]1CNCC(OCc2ccc3c(c2)N(CCCOC)CCO3)C1c1ccc(OC)cc1. The van der Waals surface area contributed by atoms with Crippen molar-refractivity contribution < 1.29 is 23.7 Å². The molecule has 0 radical (unpaired) electrons. The molecular weight excluding hydrogens is 494 g/mol. The number of rotatable bonds is 14. The lowest BCUT2D eigenvalue weighted by Crippen LogP contribution is -2.50. The molecule has 1 amide bonds. The van der Waals surface area contributed by atoms with Crippen LogP contribution in [0.4, 0.5) is 5.69 Å². The summed E-state index contributed by atoms with van der Waals surface area (Å²) < 4.78 is 23.2. The van der Waals surface area contributed by atoms with E-state index in [0.717, 1.165) is 74.8 Å². The van der Waals surface area contributed by atoms with Crippen LogP contribution < -0.4 is 25.0 Å². The zero-order valence-corrected chi connectivity index (χ0v) is 23.7. The zero-order valence-electron chi connectivity index (χ0n) is 23.7. The molecule has 1 saturated heterocycles. The minimum absolute atomic E-state index is 0.0326. The first-order valence-electron chi connectivity index (χ1n) is 14.4. The van der Waals surface area contributed by atoms with E-state index in [1.165, 1.54) is 5.56 Å². The molecule has 2 aromatic rings. The highest BCUT2D eigenvalue weighted by molar-refractivity contribution is 5.75. The number of nitrogens with zero attached hydrogens (tertiary/aromatic N) is 1. The van der Waals surface area contributed by atoms with Crippen LogP contribution in [0.3, 0.4) is 0 Å². The van der Waals surface area contributed by atoms with Crippen molar-refractivity contribution in [1.82, 2.24) is 10.6 Å². The predicted octanol–water partition coefficient (Wildman–Crippen LogP) is 4.13. The summed E-state index contributed by atoms with van der Waals surface area (Å²) in [5.74, 6) is 2.25. The number of piperidine rings is 1. The van der Waals surface area contributed by atoms with E-state index in [1.807, 2.05) is 12.1 Å². The maximum atomic E-state index is 12.4. The molecule has 0 aromatic heterocycles. The van der Waals surface area contributed by atoms with Crippen LogP contribution in [0.15, 0.2) is 42.5 Å². The number of hydrogen-bond acceptors (Lipinski definition) is 7. The lowest BCUT2D eigenvalue weighted by molar-refractivity contribution is -0.121. The minimum Gasteiger partial charge on any atom is -0.497 e. The Kier molecular flexibility index (Phi) is 11.3. The lowest BCUT2D eigenvalue weighted by atomic mass is 9.79. The van der Waals surface area contributed by atoms with Crippen molar-refractivity contribution in [3.63, 3.8) is 0 Å². The molecule has 0 bridgehead atoms. The molecule has 2 N–H and O–H groups in total. The smallest absolute Gasteiger partial charge is 0.220 e. The Hall–Kier alpha value is -2.81. The van der Waals surface area contributed by atoms with E-state index in [2.05, 4.69) is 52.8 Å². The third-order valence-electron chi connectivity index (χ3n) is 7.70. The van der Waals surface area contributed by atoms with Crippen LogP contribution in [0.2, 0.25) is 0 Å².